The van der Waals surface area contributed by atoms with Crippen molar-refractivity contribution in [1.29, 1.82) is 0 Å². The zero-order chi connectivity index (χ0) is 22.8. The van der Waals surface area contributed by atoms with E-state index in [1.54, 1.807) is 17.0 Å². The van der Waals surface area contributed by atoms with Crippen LogP contribution < -0.4 is 21.0 Å². The Bertz CT molecular complexity index is 1040. The van der Waals surface area contributed by atoms with Crippen LogP contribution in [0.25, 0.3) is 17.0 Å². The number of carbonyl (C=O) groups is 1. The third-order valence-electron chi connectivity index (χ3n) is 5.19. The highest BCUT2D eigenvalue weighted by Gasteiger charge is 2.16. The second-order valence-electron chi connectivity index (χ2n) is 7.47. The molecule has 0 aliphatic carbocycles. The molecule has 2 aromatic carbocycles. The summed E-state index contributed by atoms with van der Waals surface area (Å²) < 4.78 is 5.73. The van der Waals surface area contributed by atoms with Gasteiger partial charge in [0.1, 0.15) is 0 Å². The molecule has 6 N–H and O–H groups in total. The van der Waals surface area contributed by atoms with Crippen LogP contribution in [0.15, 0.2) is 48.5 Å². The highest BCUT2D eigenvalue weighted by atomic mass is 16.5. The van der Waals surface area contributed by atoms with Gasteiger partial charge in [-0.1, -0.05) is 36.4 Å². The van der Waals surface area contributed by atoms with E-state index in [1.165, 1.54) is 35.2 Å². The van der Waals surface area contributed by atoms with E-state index in [0.29, 0.717) is 0 Å². The first kappa shape index (κ1) is 23.5. The summed E-state index contributed by atoms with van der Waals surface area (Å²) in [6.45, 7) is 2.47. The molecular formula is C24H30N4O4. The van der Waals surface area contributed by atoms with Gasteiger partial charge < -0.3 is 20.2 Å². The van der Waals surface area contributed by atoms with Crippen molar-refractivity contribution in [3.8, 4) is 5.88 Å². The summed E-state index contributed by atoms with van der Waals surface area (Å²) in [5, 5.41) is 20.6. The van der Waals surface area contributed by atoms with E-state index in [-0.39, 0.29) is 0 Å². The molecule has 0 unspecified atom stereocenters. The number of rotatable bonds is 7. The number of aromatic nitrogens is 1. The fourth-order valence-corrected chi connectivity index (χ4v) is 3.65. The van der Waals surface area contributed by atoms with Crippen LogP contribution in [0.1, 0.15) is 28.7 Å². The molecule has 0 spiro atoms. The van der Waals surface area contributed by atoms with Crippen molar-refractivity contribution in [1.82, 2.24) is 21.3 Å². The fraction of sp³-hybridized carbons (Fsp3) is 0.292. The van der Waals surface area contributed by atoms with Crippen LogP contribution in [-0.2, 0) is 24.2 Å². The standard InChI is InChI=1S/C23H25N3O3.CH5NO/c27-22(26-28)10-8-16-3-5-18(6-4-16)15-24-12-11-17-7-9-19-20-2-1-13-29-23(20)25-21(19)14-17;1-2-3/h3-10,14,24-25,28H,1-2,11-13,15H2,(H,26,27);2-3H,1H3/b10-8+;. The minimum absolute atomic E-state index is 0.541. The molecule has 3 aromatic rings. The summed E-state index contributed by atoms with van der Waals surface area (Å²) >= 11 is 0. The lowest BCUT2D eigenvalue weighted by molar-refractivity contribution is -0.124. The third-order valence-corrected chi connectivity index (χ3v) is 5.19. The lowest BCUT2D eigenvalue weighted by Crippen LogP contribution is -2.16. The number of carbonyl (C=O) groups excluding carboxylic acids is 1. The molecule has 0 bridgehead atoms. The van der Waals surface area contributed by atoms with E-state index in [1.807, 2.05) is 24.3 Å². The zero-order valence-corrected chi connectivity index (χ0v) is 18.1. The predicted molar refractivity (Wildman–Crippen MR) is 124 cm³/mol. The largest absolute Gasteiger partial charge is 0.479 e. The molecule has 0 fully saturated rings. The molecule has 2 heterocycles. The molecule has 1 amide bonds. The number of aryl methyl sites for hydroxylation is 1. The number of fused-ring (bicyclic) bond motifs is 3. The number of amides is 1. The van der Waals surface area contributed by atoms with Gasteiger partial charge in [-0.05, 0) is 54.6 Å². The number of benzene rings is 2. The predicted octanol–water partition coefficient (Wildman–Crippen LogP) is 2.94. The smallest absolute Gasteiger partial charge is 0.267 e. The number of H-pyrrole nitrogens is 1. The van der Waals surface area contributed by atoms with Gasteiger partial charge in [0.2, 0.25) is 0 Å². The highest BCUT2D eigenvalue weighted by Crippen LogP contribution is 2.32. The Morgan fingerprint density at radius 2 is 1.91 bits per heavy atom. The van der Waals surface area contributed by atoms with Gasteiger partial charge in [-0.3, -0.25) is 10.0 Å². The first-order chi connectivity index (χ1) is 15.6. The Kier molecular flexibility index (Phi) is 8.82. The maximum atomic E-state index is 11.0. The summed E-state index contributed by atoms with van der Waals surface area (Å²) in [7, 11) is 1.43. The van der Waals surface area contributed by atoms with Crippen LogP contribution in [0.5, 0.6) is 5.88 Å². The normalized spacial score (nSPS) is 12.7. The number of aromatic amines is 1. The summed E-state index contributed by atoms with van der Waals surface area (Å²) in [6, 6.07) is 14.6. The van der Waals surface area contributed by atoms with Gasteiger partial charge in [-0.2, -0.15) is 0 Å². The lowest BCUT2D eigenvalue weighted by Gasteiger charge is -2.12. The highest BCUT2D eigenvalue weighted by molar-refractivity contribution is 5.90. The minimum Gasteiger partial charge on any atom is -0.479 e. The molecule has 32 heavy (non-hydrogen) atoms. The number of nitrogens with one attached hydrogen (secondary N) is 4. The van der Waals surface area contributed by atoms with Crippen LogP contribution in [-0.4, -0.2) is 41.5 Å². The van der Waals surface area contributed by atoms with Gasteiger partial charge in [0.15, 0.2) is 5.88 Å². The monoisotopic (exact) mass is 438 g/mol. The molecule has 1 aromatic heterocycles. The van der Waals surface area contributed by atoms with Crippen molar-refractivity contribution < 1.29 is 19.9 Å². The van der Waals surface area contributed by atoms with Gasteiger partial charge in [-0.25, -0.2) is 11.0 Å². The molecule has 8 nitrogen and oxygen atoms in total. The summed E-state index contributed by atoms with van der Waals surface area (Å²) in [4.78, 5) is 14.4. The first-order valence-corrected chi connectivity index (χ1v) is 10.6. The van der Waals surface area contributed by atoms with Crippen LogP contribution in [0.3, 0.4) is 0 Å². The quantitative estimate of drug-likeness (QED) is 0.146. The van der Waals surface area contributed by atoms with Crippen molar-refractivity contribution in [3.63, 3.8) is 0 Å². The summed E-state index contributed by atoms with van der Waals surface area (Å²) in [6.07, 6.45) is 6.07. The van der Waals surface area contributed by atoms with E-state index < -0.39 is 5.91 Å². The van der Waals surface area contributed by atoms with E-state index in [0.717, 1.165) is 55.9 Å². The Morgan fingerprint density at radius 1 is 1.16 bits per heavy atom. The maximum Gasteiger partial charge on any atom is 0.267 e. The summed E-state index contributed by atoms with van der Waals surface area (Å²) in [5.74, 6) is 0.401. The lowest BCUT2D eigenvalue weighted by atomic mass is 10.0. The van der Waals surface area contributed by atoms with Crippen LogP contribution in [0.2, 0.25) is 0 Å². The van der Waals surface area contributed by atoms with Crippen molar-refractivity contribution in [2.45, 2.75) is 25.8 Å². The van der Waals surface area contributed by atoms with Gasteiger partial charge >= 0.3 is 0 Å². The molecule has 4 rings (SSSR count). The van der Waals surface area contributed by atoms with E-state index in [4.69, 9.17) is 15.2 Å². The van der Waals surface area contributed by atoms with Crippen molar-refractivity contribution in [2.75, 3.05) is 20.2 Å². The Morgan fingerprint density at radius 3 is 2.66 bits per heavy atom. The van der Waals surface area contributed by atoms with E-state index in [2.05, 4.69) is 28.5 Å². The van der Waals surface area contributed by atoms with Gasteiger partial charge in [-0.15, -0.1) is 0 Å². The molecular weight excluding hydrogens is 408 g/mol. The average molecular weight is 439 g/mol. The molecule has 0 saturated heterocycles. The molecule has 170 valence electrons. The fourth-order valence-electron chi connectivity index (χ4n) is 3.65. The number of hydroxylamine groups is 2. The molecule has 1 aliphatic heterocycles. The zero-order valence-electron chi connectivity index (χ0n) is 18.1. The topological polar surface area (TPSA) is 119 Å². The number of ether oxygens (including phenoxy) is 1. The Balaban J connectivity index is 0.000000913. The van der Waals surface area contributed by atoms with Crippen molar-refractivity contribution in [3.05, 3.63) is 70.8 Å². The summed E-state index contributed by atoms with van der Waals surface area (Å²) in [5.41, 5.74) is 9.18. The number of hydrogen-bond acceptors (Lipinski definition) is 6. The van der Waals surface area contributed by atoms with Crippen molar-refractivity contribution in [2.24, 2.45) is 0 Å². The van der Waals surface area contributed by atoms with E-state index in [9.17, 15) is 4.79 Å². The second kappa shape index (κ2) is 12.0. The average Bonchev–Trinajstić information content (AvgIpc) is 3.19. The van der Waals surface area contributed by atoms with Crippen LogP contribution >= 0.6 is 0 Å². The Hall–Kier alpha value is -3.17. The van der Waals surface area contributed by atoms with Gasteiger partial charge in [0.05, 0.1) is 6.61 Å². The van der Waals surface area contributed by atoms with Crippen molar-refractivity contribution >= 4 is 22.9 Å². The van der Waals surface area contributed by atoms with E-state index >= 15 is 0 Å². The molecule has 1 aliphatic rings. The van der Waals surface area contributed by atoms with Gasteiger partial charge in [0.25, 0.3) is 5.91 Å². The maximum absolute atomic E-state index is 11.0. The van der Waals surface area contributed by atoms with Crippen LogP contribution in [0.4, 0.5) is 0 Å². The molecule has 0 radical (unpaired) electrons. The third kappa shape index (κ3) is 6.41. The molecule has 8 heteroatoms. The van der Waals surface area contributed by atoms with Crippen LogP contribution in [0, 0.1) is 0 Å². The molecule has 0 saturated carbocycles. The second-order valence-corrected chi connectivity index (χ2v) is 7.47. The van der Waals surface area contributed by atoms with Gasteiger partial charge in [0, 0.05) is 36.1 Å². The SMILES string of the molecule is CNO.O=C(/C=C/c1ccc(CNCCc2ccc3c4c([nH]c3c2)OCCC4)cc1)NO. The Labute approximate surface area is 187 Å². The number of hydrogen-bond donors (Lipinski definition) is 6. The first-order valence-electron chi connectivity index (χ1n) is 10.6. The minimum atomic E-state index is -0.541. The molecule has 0 atom stereocenters.